The maximum atomic E-state index is 13.9. The van der Waals surface area contributed by atoms with Crippen LogP contribution in [0.4, 0.5) is 4.39 Å². The fourth-order valence-corrected chi connectivity index (χ4v) is 1.66. The second-order valence-electron chi connectivity index (χ2n) is 3.79. The van der Waals surface area contributed by atoms with Crippen molar-refractivity contribution in [3.8, 4) is 11.4 Å². The van der Waals surface area contributed by atoms with Gasteiger partial charge in [-0.05, 0) is 5.56 Å². The quantitative estimate of drug-likeness (QED) is 0.775. The predicted molar refractivity (Wildman–Crippen MR) is 53.3 cm³/mol. The van der Waals surface area contributed by atoms with Crippen molar-refractivity contribution in [1.82, 2.24) is 10.1 Å². The maximum absolute atomic E-state index is 13.9. The zero-order chi connectivity index (χ0) is 11.0. The molecule has 1 aliphatic rings. The van der Waals surface area contributed by atoms with Gasteiger partial charge >= 0.3 is 0 Å². The largest absolute Gasteiger partial charge is 0.374 e. The Hall–Kier alpha value is -1.75. The highest BCUT2D eigenvalue weighted by Crippen LogP contribution is 2.34. The first kappa shape index (κ1) is 9.47. The van der Waals surface area contributed by atoms with Gasteiger partial charge in [0.05, 0.1) is 13.2 Å². The van der Waals surface area contributed by atoms with E-state index >= 15 is 0 Å². The van der Waals surface area contributed by atoms with E-state index in [4.69, 9.17) is 4.74 Å². The summed E-state index contributed by atoms with van der Waals surface area (Å²) in [5.74, 6) is 0.504. The Kier molecular flexibility index (Phi) is 2.00. The van der Waals surface area contributed by atoms with E-state index in [1.807, 2.05) is 0 Å². The molecule has 0 N–H and O–H groups in total. The van der Waals surface area contributed by atoms with E-state index in [9.17, 15) is 4.39 Å². The standard InChI is InChI=1S/C11H9FN2O2/c12-11(5-15-6-11)9-3-1-8(2-4-9)10-13-7-16-14-10/h1-4,7H,5-6H2. The van der Waals surface area contributed by atoms with Crippen molar-refractivity contribution < 1.29 is 13.7 Å². The second kappa shape index (κ2) is 3.38. The van der Waals surface area contributed by atoms with Crippen molar-refractivity contribution in [2.75, 3.05) is 13.2 Å². The smallest absolute Gasteiger partial charge is 0.214 e. The molecule has 2 heterocycles. The van der Waals surface area contributed by atoms with Gasteiger partial charge in [0.1, 0.15) is 0 Å². The van der Waals surface area contributed by atoms with Crippen LogP contribution in [0.2, 0.25) is 0 Å². The van der Waals surface area contributed by atoms with Crippen molar-refractivity contribution in [2.45, 2.75) is 5.67 Å². The lowest BCUT2D eigenvalue weighted by atomic mass is 9.93. The average molecular weight is 220 g/mol. The molecule has 0 unspecified atom stereocenters. The number of halogens is 1. The van der Waals surface area contributed by atoms with E-state index < -0.39 is 5.67 Å². The Bertz CT molecular complexity index is 477. The van der Waals surface area contributed by atoms with E-state index in [2.05, 4.69) is 14.7 Å². The van der Waals surface area contributed by atoms with Crippen LogP contribution in [0.15, 0.2) is 35.2 Å². The minimum Gasteiger partial charge on any atom is -0.374 e. The summed E-state index contributed by atoms with van der Waals surface area (Å²) in [5, 5.41) is 3.71. The predicted octanol–water partition coefficient (Wildman–Crippen LogP) is 1.93. The van der Waals surface area contributed by atoms with Crippen LogP contribution < -0.4 is 0 Å². The van der Waals surface area contributed by atoms with Crippen molar-refractivity contribution in [3.63, 3.8) is 0 Å². The molecule has 0 radical (unpaired) electrons. The Morgan fingerprint density at radius 3 is 2.44 bits per heavy atom. The second-order valence-corrected chi connectivity index (χ2v) is 3.79. The van der Waals surface area contributed by atoms with Gasteiger partial charge in [0.25, 0.3) is 0 Å². The first-order valence-electron chi connectivity index (χ1n) is 4.92. The number of aromatic nitrogens is 2. The van der Waals surface area contributed by atoms with Gasteiger partial charge in [-0.15, -0.1) is 0 Å². The fourth-order valence-electron chi connectivity index (χ4n) is 1.66. The molecule has 1 aliphatic heterocycles. The summed E-state index contributed by atoms with van der Waals surface area (Å²) in [4.78, 5) is 3.92. The Balaban J connectivity index is 1.91. The van der Waals surface area contributed by atoms with Crippen LogP contribution in [0.25, 0.3) is 11.4 Å². The molecule has 1 fully saturated rings. The molecular formula is C11H9FN2O2. The summed E-state index contributed by atoms with van der Waals surface area (Å²) in [6.45, 7) is 0.267. The fraction of sp³-hybridized carbons (Fsp3) is 0.273. The van der Waals surface area contributed by atoms with Gasteiger partial charge in [0.15, 0.2) is 5.67 Å². The number of rotatable bonds is 2. The zero-order valence-electron chi connectivity index (χ0n) is 8.39. The molecule has 1 aromatic heterocycles. The maximum Gasteiger partial charge on any atom is 0.214 e. The van der Waals surface area contributed by atoms with Gasteiger partial charge in [-0.3, -0.25) is 0 Å². The summed E-state index contributed by atoms with van der Waals surface area (Å²) in [7, 11) is 0. The van der Waals surface area contributed by atoms with E-state index in [-0.39, 0.29) is 13.2 Å². The van der Waals surface area contributed by atoms with Crippen LogP contribution >= 0.6 is 0 Å². The summed E-state index contributed by atoms with van der Waals surface area (Å²) >= 11 is 0. The third kappa shape index (κ3) is 1.40. The Labute approximate surface area is 91.0 Å². The Morgan fingerprint density at radius 1 is 1.19 bits per heavy atom. The van der Waals surface area contributed by atoms with Gasteiger partial charge in [-0.25, -0.2) is 4.39 Å². The molecule has 82 valence electrons. The molecule has 1 aromatic carbocycles. The summed E-state index contributed by atoms with van der Waals surface area (Å²) in [6.07, 6.45) is 1.26. The Morgan fingerprint density at radius 2 is 1.94 bits per heavy atom. The van der Waals surface area contributed by atoms with Gasteiger partial charge < -0.3 is 9.26 Å². The molecule has 0 amide bonds. The molecule has 0 bridgehead atoms. The number of hydrogen-bond donors (Lipinski definition) is 0. The molecule has 2 aromatic rings. The van der Waals surface area contributed by atoms with Crippen molar-refractivity contribution in [3.05, 3.63) is 36.2 Å². The van der Waals surface area contributed by atoms with Crippen molar-refractivity contribution in [2.24, 2.45) is 0 Å². The third-order valence-corrected chi connectivity index (χ3v) is 2.68. The topological polar surface area (TPSA) is 48.2 Å². The van der Waals surface area contributed by atoms with Crippen LogP contribution in [-0.4, -0.2) is 23.4 Å². The normalized spacial score (nSPS) is 18.1. The van der Waals surface area contributed by atoms with Gasteiger partial charge in [0, 0.05) is 5.56 Å². The molecule has 0 aliphatic carbocycles. The van der Waals surface area contributed by atoms with E-state index in [0.29, 0.717) is 11.4 Å². The van der Waals surface area contributed by atoms with Crippen LogP contribution in [0.5, 0.6) is 0 Å². The monoisotopic (exact) mass is 220 g/mol. The molecule has 16 heavy (non-hydrogen) atoms. The molecular weight excluding hydrogens is 211 g/mol. The van der Waals surface area contributed by atoms with E-state index in [1.165, 1.54) is 6.39 Å². The number of hydrogen-bond acceptors (Lipinski definition) is 4. The highest BCUT2D eigenvalue weighted by Gasteiger charge is 2.40. The van der Waals surface area contributed by atoms with Gasteiger partial charge in [-0.2, -0.15) is 4.98 Å². The molecule has 0 saturated carbocycles. The van der Waals surface area contributed by atoms with Crippen molar-refractivity contribution in [1.29, 1.82) is 0 Å². The first-order chi connectivity index (χ1) is 7.78. The zero-order valence-corrected chi connectivity index (χ0v) is 8.39. The van der Waals surface area contributed by atoms with E-state index in [1.54, 1.807) is 24.3 Å². The van der Waals surface area contributed by atoms with E-state index in [0.717, 1.165) is 5.56 Å². The van der Waals surface area contributed by atoms with Gasteiger partial charge in [0.2, 0.25) is 12.2 Å². The van der Waals surface area contributed by atoms with Crippen molar-refractivity contribution >= 4 is 0 Å². The highest BCUT2D eigenvalue weighted by molar-refractivity contribution is 5.54. The number of benzene rings is 1. The van der Waals surface area contributed by atoms with Crippen LogP contribution in [0.1, 0.15) is 5.56 Å². The van der Waals surface area contributed by atoms with Crippen LogP contribution in [-0.2, 0) is 10.4 Å². The lowest BCUT2D eigenvalue weighted by Gasteiger charge is -2.34. The molecule has 0 spiro atoms. The first-order valence-corrected chi connectivity index (χ1v) is 4.92. The molecule has 5 heteroatoms. The summed E-state index contributed by atoms with van der Waals surface area (Å²) in [5.41, 5.74) is 0.114. The molecule has 0 atom stereocenters. The highest BCUT2D eigenvalue weighted by atomic mass is 19.1. The average Bonchev–Trinajstić information content (AvgIpc) is 2.80. The number of ether oxygens (including phenoxy) is 1. The van der Waals surface area contributed by atoms with Gasteiger partial charge in [-0.1, -0.05) is 29.4 Å². The minimum absolute atomic E-state index is 0.133. The lowest BCUT2D eigenvalue weighted by Crippen LogP contribution is -2.42. The molecule has 1 saturated heterocycles. The van der Waals surface area contributed by atoms with Crippen LogP contribution in [0, 0.1) is 0 Å². The summed E-state index contributed by atoms with van der Waals surface area (Å²) in [6, 6.07) is 7.02. The minimum atomic E-state index is -1.32. The summed E-state index contributed by atoms with van der Waals surface area (Å²) < 4.78 is 23.5. The lowest BCUT2D eigenvalue weighted by molar-refractivity contribution is -0.135. The number of nitrogens with zero attached hydrogens (tertiary/aromatic N) is 2. The SMILES string of the molecule is FC1(c2ccc(-c3ncon3)cc2)COC1. The molecule has 4 nitrogen and oxygen atoms in total. The number of alkyl halides is 1. The third-order valence-electron chi connectivity index (χ3n) is 2.68. The van der Waals surface area contributed by atoms with Crippen LogP contribution in [0.3, 0.4) is 0 Å². The molecule has 3 rings (SSSR count).